The van der Waals surface area contributed by atoms with E-state index in [1.807, 2.05) is 6.92 Å². The zero-order chi connectivity index (χ0) is 10.0. The molecule has 0 aromatic carbocycles. The summed E-state index contributed by atoms with van der Waals surface area (Å²) in [5.41, 5.74) is 5.28. The van der Waals surface area contributed by atoms with E-state index in [-0.39, 0.29) is 6.54 Å². The Hall–Kier alpha value is -0.0000000000000000555. The first-order chi connectivity index (χ1) is 6.06. The Morgan fingerprint density at radius 2 is 2.23 bits per heavy atom. The third-order valence-electron chi connectivity index (χ3n) is 1.80. The molecule has 0 fully saturated rings. The van der Waals surface area contributed by atoms with E-state index < -0.39 is 12.3 Å². The van der Waals surface area contributed by atoms with Gasteiger partial charge in [-0.1, -0.05) is 0 Å². The Labute approximate surface area is 88.1 Å². The van der Waals surface area contributed by atoms with Crippen LogP contribution in [0.15, 0.2) is 10.5 Å². The van der Waals surface area contributed by atoms with Gasteiger partial charge in [0.1, 0.15) is 0 Å². The lowest BCUT2D eigenvalue weighted by Gasteiger charge is -2.10. The van der Waals surface area contributed by atoms with E-state index in [4.69, 9.17) is 5.73 Å². The Morgan fingerprint density at radius 3 is 2.54 bits per heavy atom. The predicted molar refractivity (Wildman–Crippen MR) is 54.6 cm³/mol. The van der Waals surface area contributed by atoms with Crippen LogP contribution in [-0.2, 0) is 0 Å². The fourth-order valence-electron chi connectivity index (χ4n) is 1.01. The monoisotopic (exact) mass is 269 g/mol. The largest absolute Gasteiger partial charge is 0.330 e. The van der Waals surface area contributed by atoms with Gasteiger partial charge in [-0.15, -0.1) is 11.3 Å². The van der Waals surface area contributed by atoms with Gasteiger partial charge >= 0.3 is 0 Å². The summed E-state index contributed by atoms with van der Waals surface area (Å²) < 4.78 is 25.8. The van der Waals surface area contributed by atoms with E-state index in [0.717, 1.165) is 9.35 Å². The summed E-state index contributed by atoms with van der Waals surface area (Å²) in [4.78, 5) is 1.66. The molecule has 0 aliphatic heterocycles. The highest BCUT2D eigenvalue weighted by atomic mass is 79.9. The first kappa shape index (κ1) is 11.1. The molecule has 0 amide bonds. The number of rotatable bonds is 3. The van der Waals surface area contributed by atoms with Gasteiger partial charge in [-0.05, 0) is 28.9 Å². The molecule has 1 aromatic rings. The number of hydrogen-bond acceptors (Lipinski definition) is 2. The minimum absolute atomic E-state index is 0.00986. The first-order valence-electron chi connectivity index (χ1n) is 3.80. The quantitative estimate of drug-likeness (QED) is 0.897. The van der Waals surface area contributed by atoms with Crippen molar-refractivity contribution in [3.63, 3.8) is 0 Å². The molecule has 0 spiro atoms. The van der Waals surface area contributed by atoms with Gasteiger partial charge in [0, 0.05) is 20.8 Å². The summed E-state index contributed by atoms with van der Waals surface area (Å²) >= 11 is 4.66. The molecule has 0 radical (unpaired) electrons. The van der Waals surface area contributed by atoms with Gasteiger partial charge in [0.2, 0.25) is 6.43 Å². The van der Waals surface area contributed by atoms with Crippen molar-refractivity contribution in [1.82, 2.24) is 0 Å². The van der Waals surface area contributed by atoms with E-state index in [9.17, 15) is 8.78 Å². The Kier molecular flexibility index (Phi) is 3.82. The maximum absolute atomic E-state index is 12.4. The smallest absolute Gasteiger partial charge is 0.247 e. The van der Waals surface area contributed by atoms with Crippen LogP contribution in [0.25, 0.3) is 0 Å². The summed E-state index contributed by atoms with van der Waals surface area (Å²) in [6.45, 7) is 1.88. The van der Waals surface area contributed by atoms with Crippen molar-refractivity contribution >= 4 is 27.3 Å². The molecule has 74 valence electrons. The van der Waals surface area contributed by atoms with Gasteiger partial charge in [-0.3, -0.25) is 0 Å². The number of nitrogens with two attached hydrogens (primary N) is 1. The average molecular weight is 270 g/mol. The Balaban J connectivity index is 2.92. The number of aryl methyl sites for hydroxylation is 1. The van der Waals surface area contributed by atoms with Crippen LogP contribution in [0.4, 0.5) is 8.78 Å². The molecular formula is C8H10BrF2NS. The predicted octanol–water partition coefficient (Wildman–Crippen LogP) is 3.13. The zero-order valence-corrected chi connectivity index (χ0v) is 9.46. The molecule has 0 aliphatic carbocycles. The SMILES string of the molecule is Cc1sc(C(CN)C(F)F)cc1Br. The molecule has 5 heteroatoms. The standard InChI is InChI=1S/C8H10BrF2NS/c1-4-6(9)2-7(13-4)5(3-12)8(10)11/h2,5,8H,3,12H2,1H3. The maximum atomic E-state index is 12.4. The Bertz CT molecular complexity index is 268. The van der Waals surface area contributed by atoms with Crippen molar-refractivity contribution in [3.8, 4) is 0 Å². The fourth-order valence-corrected chi connectivity index (χ4v) is 2.69. The summed E-state index contributed by atoms with van der Waals surface area (Å²) in [5.74, 6) is -0.824. The summed E-state index contributed by atoms with van der Waals surface area (Å²) in [6.07, 6.45) is -2.38. The molecule has 1 heterocycles. The second-order valence-corrected chi connectivity index (χ2v) is 4.87. The minimum Gasteiger partial charge on any atom is -0.330 e. The van der Waals surface area contributed by atoms with Gasteiger partial charge in [-0.2, -0.15) is 0 Å². The van der Waals surface area contributed by atoms with Crippen LogP contribution in [0.3, 0.4) is 0 Å². The molecule has 0 bridgehead atoms. The van der Waals surface area contributed by atoms with Crippen LogP contribution in [0.1, 0.15) is 15.7 Å². The van der Waals surface area contributed by atoms with Crippen molar-refractivity contribution < 1.29 is 8.78 Å². The Morgan fingerprint density at radius 1 is 1.62 bits per heavy atom. The lowest BCUT2D eigenvalue weighted by atomic mass is 10.1. The van der Waals surface area contributed by atoms with Crippen LogP contribution in [0.2, 0.25) is 0 Å². The van der Waals surface area contributed by atoms with Crippen LogP contribution < -0.4 is 5.73 Å². The average Bonchev–Trinajstić information content (AvgIpc) is 2.32. The number of thiophene rings is 1. The zero-order valence-electron chi connectivity index (χ0n) is 7.06. The van der Waals surface area contributed by atoms with Crippen LogP contribution in [0, 0.1) is 6.92 Å². The molecule has 1 nitrogen and oxygen atoms in total. The normalized spacial score (nSPS) is 13.7. The van der Waals surface area contributed by atoms with Gasteiger partial charge in [-0.25, -0.2) is 8.78 Å². The number of hydrogen-bond donors (Lipinski definition) is 1. The molecule has 1 unspecified atom stereocenters. The number of alkyl halides is 2. The van der Waals surface area contributed by atoms with Crippen molar-refractivity contribution in [1.29, 1.82) is 0 Å². The van der Waals surface area contributed by atoms with E-state index in [1.54, 1.807) is 6.07 Å². The summed E-state index contributed by atoms with van der Waals surface area (Å²) in [7, 11) is 0. The second-order valence-electron chi connectivity index (χ2n) is 2.73. The van der Waals surface area contributed by atoms with Crippen molar-refractivity contribution in [2.75, 3.05) is 6.54 Å². The van der Waals surface area contributed by atoms with Gasteiger partial charge in [0.15, 0.2) is 0 Å². The molecular weight excluding hydrogens is 260 g/mol. The minimum atomic E-state index is -2.38. The third kappa shape index (κ3) is 2.48. The van der Waals surface area contributed by atoms with Gasteiger partial charge in [0.05, 0.1) is 5.92 Å². The van der Waals surface area contributed by atoms with E-state index >= 15 is 0 Å². The van der Waals surface area contributed by atoms with E-state index in [0.29, 0.717) is 4.88 Å². The highest BCUT2D eigenvalue weighted by Gasteiger charge is 2.23. The fraction of sp³-hybridized carbons (Fsp3) is 0.500. The molecule has 1 atom stereocenters. The molecule has 0 aliphatic rings. The van der Waals surface area contributed by atoms with Crippen molar-refractivity contribution in [2.45, 2.75) is 19.3 Å². The van der Waals surface area contributed by atoms with Gasteiger partial charge in [0.25, 0.3) is 0 Å². The van der Waals surface area contributed by atoms with E-state index in [2.05, 4.69) is 15.9 Å². The van der Waals surface area contributed by atoms with E-state index in [1.165, 1.54) is 11.3 Å². The van der Waals surface area contributed by atoms with Gasteiger partial charge < -0.3 is 5.73 Å². The van der Waals surface area contributed by atoms with Crippen LogP contribution in [-0.4, -0.2) is 13.0 Å². The molecule has 1 rings (SSSR count). The molecule has 2 N–H and O–H groups in total. The molecule has 1 aromatic heterocycles. The van der Waals surface area contributed by atoms with Crippen LogP contribution in [0.5, 0.6) is 0 Å². The highest BCUT2D eigenvalue weighted by molar-refractivity contribution is 9.10. The molecule has 13 heavy (non-hydrogen) atoms. The molecule has 0 saturated carbocycles. The second kappa shape index (κ2) is 4.48. The summed E-state index contributed by atoms with van der Waals surface area (Å²) in [5, 5.41) is 0. The molecule has 0 saturated heterocycles. The first-order valence-corrected chi connectivity index (χ1v) is 5.41. The lowest BCUT2D eigenvalue weighted by molar-refractivity contribution is 0.118. The summed E-state index contributed by atoms with van der Waals surface area (Å²) in [6, 6.07) is 1.73. The highest BCUT2D eigenvalue weighted by Crippen LogP contribution is 2.33. The van der Waals surface area contributed by atoms with Crippen LogP contribution >= 0.6 is 27.3 Å². The topological polar surface area (TPSA) is 26.0 Å². The maximum Gasteiger partial charge on any atom is 0.247 e. The lowest BCUT2D eigenvalue weighted by Crippen LogP contribution is -2.18. The number of halogens is 3. The van der Waals surface area contributed by atoms with Crippen molar-refractivity contribution in [2.24, 2.45) is 5.73 Å². The van der Waals surface area contributed by atoms with Crippen molar-refractivity contribution in [3.05, 3.63) is 20.3 Å². The third-order valence-corrected chi connectivity index (χ3v) is 4.07.